The van der Waals surface area contributed by atoms with Crippen molar-refractivity contribution >= 4 is 45.7 Å². The van der Waals surface area contributed by atoms with Gasteiger partial charge in [-0.2, -0.15) is 0 Å². The number of carbonyl (C=O) groups is 2. The third-order valence-corrected chi connectivity index (χ3v) is 6.86. The topological polar surface area (TPSA) is 84.4 Å². The number of hydrogen-bond acceptors (Lipinski definition) is 7. The largest absolute Gasteiger partial charge is 0.496 e. The molecule has 1 aromatic heterocycles. The van der Waals surface area contributed by atoms with Gasteiger partial charge < -0.3 is 9.64 Å². The maximum absolute atomic E-state index is 12.7. The fourth-order valence-corrected chi connectivity index (χ4v) is 4.71. The number of ether oxygens (including phenoxy) is 1. The fraction of sp³-hybridized carbons (Fsp3) is 0.273. The van der Waals surface area contributed by atoms with E-state index in [4.69, 9.17) is 4.74 Å². The molecule has 9 heteroatoms. The third-order valence-electron chi connectivity index (χ3n) is 5.13. The van der Waals surface area contributed by atoms with Crippen molar-refractivity contribution in [2.75, 3.05) is 30.1 Å². The van der Waals surface area contributed by atoms with Gasteiger partial charge in [-0.3, -0.25) is 14.9 Å². The molecule has 2 aromatic carbocycles. The molecular formula is C22H22N4O3S2. The van der Waals surface area contributed by atoms with Gasteiger partial charge in [0, 0.05) is 29.5 Å². The number of thioether (sulfide) groups is 1. The zero-order chi connectivity index (χ0) is 22.0. The molecule has 2 amide bonds. The Balaban J connectivity index is 1.46. The van der Waals surface area contributed by atoms with Crippen molar-refractivity contribution in [3.8, 4) is 5.75 Å². The van der Waals surface area contributed by atoms with Gasteiger partial charge in [-0.05, 0) is 43.5 Å². The van der Waals surface area contributed by atoms with E-state index in [9.17, 15) is 9.59 Å². The van der Waals surface area contributed by atoms with Gasteiger partial charge >= 0.3 is 0 Å². The molecule has 1 aliphatic heterocycles. The summed E-state index contributed by atoms with van der Waals surface area (Å²) in [5.74, 6) is 0.209. The van der Waals surface area contributed by atoms with E-state index in [-0.39, 0.29) is 17.7 Å². The molecule has 3 aromatic rings. The Bertz CT molecular complexity index is 1110. The molecule has 4 rings (SSSR count). The van der Waals surface area contributed by atoms with Crippen LogP contribution in [0.1, 0.15) is 33.3 Å². The summed E-state index contributed by atoms with van der Waals surface area (Å²) >= 11 is 2.87. The second kappa shape index (κ2) is 9.07. The SMILES string of the molecule is COc1cc(SC)ccc1C(=O)Nc1nnc([C@@H]2CC(=O)N(c3ccc(C)cc3)C2)s1. The Morgan fingerprint density at radius 3 is 2.71 bits per heavy atom. The number of aryl methyl sites for hydroxylation is 1. The summed E-state index contributed by atoms with van der Waals surface area (Å²) in [5.41, 5.74) is 2.46. The average molecular weight is 455 g/mol. The molecule has 1 fully saturated rings. The standard InChI is InChI=1S/C22H22N4O3S2/c1-13-4-6-15(7-5-13)26-12-14(10-19(26)27)21-24-25-22(31-21)23-20(28)17-9-8-16(30-3)11-18(17)29-2/h4-9,11,14H,10,12H2,1-3H3,(H,23,25,28)/t14-/m1/s1. The van der Waals surface area contributed by atoms with Crippen LogP contribution in [0.4, 0.5) is 10.8 Å². The number of rotatable bonds is 6. The number of benzene rings is 2. The monoisotopic (exact) mass is 454 g/mol. The molecule has 1 aliphatic rings. The maximum atomic E-state index is 12.7. The summed E-state index contributed by atoms with van der Waals surface area (Å²) in [6, 6.07) is 13.3. The third kappa shape index (κ3) is 4.57. The van der Waals surface area contributed by atoms with Gasteiger partial charge in [-0.1, -0.05) is 29.0 Å². The summed E-state index contributed by atoms with van der Waals surface area (Å²) < 4.78 is 5.36. The first kappa shape index (κ1) is 21.3. The van der Waals surface area contributed by atoms with E-state index in [0.29, 0.717) is 29.4 Å². The molecule has 0 aliphatic carbocycles. The van der Waals surface area contributed by atoms with Gasteiger partial charge in [0.25, 0.3) is 5.91 Å². The molecule has 0 spiro atoms. The Morgan fingerprint density at radius 2 is 2.00 bits per heavy atom. The van der Waals surface area contributed by atoms with Crippen LogP contribution in [0, 0.1) is 6.92 Å². The minimum atomic E-state index is -0.309. The molecule has 0 bridgehead atoms. The van der Waals surface area contributed by atoms with Crippen molar-refractivity contribution < 1.29 is 14.3 Å². The molecule has 1 atom stereocenters. The van der Waals surface area contributed by atoms with Crippen molar-refractivity contribution in [1.29, 1.82) is 0 Å². The van der Waals surface area contributed by atoms with E-state index in [1.165, 1.54) is 18.4 Å². The van der Waals surface area contributed by atoms with E-state index in [0.717, 1.165) is 21.2 Å². The highest BCUT2D eigenvalue weighted by Gasteiger charge is 2.34. The normalized spacial score (nSPS) is 15.9. The van der Waals surface area contributed by atoms with Crippen LogP contribution >= 0.6 is 23.1 Å². The first-order chi connectivity index (χ1) is 15.0. The summed E-state index contributed by atoms with van der Waals surface area (Å²) in [6.07, 6.45) is 2.34. The van der Waals surface area contributed by atoms with Gasteiger partial charge in [0.15, 0.2) is 0 Å². The van der Waals surface area contributed by atoms with E-state index in [1.807, 2.05) is 49.6 Å². The van der Waals surface area contributed by atoms with Crippen LogP contribution in [0.5, 0.6) is 5.75 Å². The molecule has 0 unspecified atom stereocenters. The number of nitrogens with zero attached hydrogens (tertiary/aromatic N) is 3. The lowest BCUT2D eigenvalue weighted by molar-refractivity contribution is -0.117. The van der Waals surface area contributed by atoms with E-state index in [1.54, 1.807) is 22.7 Å². The van der Waals surface area contributed by atoms with Gasteiger partial charge in [0.1, 0.15) is 10.8 Å². The molecule has 160 valence electrons. The molecule has 2 heterocycles. The van der Waals surface area contributed by atoms with E-state index >= 15 is 0 Å². The minimum absolute atomic E-state index is 0.0487. The predicted octanol–water partition coefficient (Wildman–Crippen LogP) is 4.35. The number of carbonyl (C=O) groups excluding carboxylic acids is 2. The van der Waals surface area contributed by atoms with Crippen LogP contribution in [0.25, 0.3) is 0 Å². The summed E-state index contributed by atoms with van der Waals surface area (Å²) in [4.78, 5) is 28.0. The molecular weight excluding hydrogens is 432 g/mol. The molecule has 31 heavy (non-hydrogen) atoms. The second-order valence-electron chi connectivity index (χ2n) is 7.21. The number of hydrogen-bond donors (Lipinski definition) is 1. The first-order valence-electron chi connectivity index (χ1n) is 9.72. The average Bonchev–Trinajstić information content (AvgIpc) is 3.40. The van der Waals surface area contributed by atoms with Crippen LogP contribution in [-0.4, -0.2) is 41.9 Å². The highest BCUT2D eigenvalue weighted by Crippen LogP contribution is 2.34. The molecule has 1 N–H and O–H groups in total. The number of nitrogens with one attached hydrogen (secondary N) is 1. The van der Waals surface area contributed by atoms with Crippen LogP contribution < -0.4 is 15.0 Å². The van der Waals surface area contributed by atoms with Gasteiger partial charge in [0.05, 0.1) is 12.7 Å². The van der Waals surface area contributed by atoms with Crippen molar-refractivity contribution in [3.05, 3.63) is 58.6 Å². The predicted molar refractivity (Wildman–Crippen MR) is 124 cm³/mol. The number of anilines is 2. The summed E-state index contributed by atoms with van der Waals surface area (Å²) in [6.45, 7) is 2.57. The fourth-order valence-electron chi connectivity index (χ4n) is 3.45. The summed E-state index contributed by atoms with van der Waals surface area (Å²) in [5, 5.41) is 12.3. The lowest BCUT2D eigenvalue weighted by Crippen LogP contribution is -2.24. The zero-order valence-corrected chi connectivity index (χ0v) is 19.0. The molecule has 0 radical (unpaired) electrons. The van der Waals surface area contributed by atoms with Crippen molar-refractivity contribution in [1.82, 2.24) is 10.2 Å². The van der Waals surface area contributed by atoms with Crippen LogP contribution in [0.15, 0.2) is 47.4 Å². The van der Waals surface area contributed by atoms with E-state index < -0.39 is 0 Å². The molecule has 1 saturated heterocycles. The lowest BCUT2D eigenvalue weighted by atomic mass is 10.1. The smallest absolute Gasteiger partial charge is 0.261 e. The zero-order valence-electron chi connectivity index (χ0n) is 17.4. The molecule has 0 saturated carbocycles. The second-order valence-corrected chi connectivity index (χ2v) is 9.10. The van der Waals surface area contributed by atoms with E-state index in [2.05, 4.69) is 15.5 Å². The van der Waals surface area contributed by atoms with Crippen molar-refractivity contribution in [2.24, 2.45) is 0 Å². The number of methoxy groups -OCH3 is 1. The Kier molecular flexibility index (Phi) is 6.24. The highest BCUT2D eigenvalue weighted by atomic mass is 32.2. The Labute approximate surface area is 188 Å². The van der Waals surface area contributed by atoms with Gasteiger partial charge in [0.2, 0.25) is 11.0 Å². The Hall–Kier alpha value is -2.91. The van der Waals surface area contributed by atoms with Crippen LogP contribution in [0.3, 0.4) is 0 Å². The number of aromatic nitrogens is 2. The van der Waals surface area contributed by atoms with Crippen LogP contribution in [-0.2, 0) is 4.79 Å². The maximum Gasteiger partial charge on any atom is 0.261 e. The number of amides is 2. The lowest BCUT2D eigenvalue weighted by Gasteiger charge is -2.16. The minimum Gasteiger partial charge on any atom is -0.496 e. The van der Waals surface area contributed by atoms with Crippen molar-refractivity contribution in [3.63, 3.8) is 0 Å². The van der Waals surface area contributed by atoms with Crippen LogP contribution in [0.2, 0.25) is 0 Å². The first-order valence-corrected chi connectivity index (χ1v) is 11.8. The summed E-state index contributed by atoms with van der Waals surface area (Å²) in [7, 11) is 1.54. The highest BCUT2D eigenvalue weighted by molar-refractivity contribution is 7.98. The van der Waals surface area contributed by atoms with Gasteiger partial charge in [-0.25, -0.2) is 0 Å². The quantitative estimate of drug-likeness (QED) is 0.558. The molecule has 7 nitrogen and oxygen atoms in total. The van der Waals surface area contributed by atoms with Gasteiger partial charge in [-0.15, -0.1) is 22.0 Å². The Morgan fingerprint density at radius 1 is 1.23 bits per heavy atom. The van der Waals surface area contributed by atoms with Crippen molar-refractivity contribution in [2.45, 2.75) is 24.2 Å².